The van der Waals surface area contributed by atoms with E-state index in [9.17, 15) is 14.4 Å². The van der Waals surface area contributed by atoms with Crippen LogP contribution in [-0.4, -0.2) is 43.8 Å². The zero-order valence-electron chi connectivity index (χ0n) is 20.9. The minimum Gasteiger partial charge on any atom is -0.494 e. The summed E-state index contributed by atoms with van der Waals surface area (Å²) in [5.41, 5.74) is 4.84. The molecule has 3 aromatic rings. The van der Waals surface area contributed by atoms with Crippen LogP contribution in [-0.2, 0) is 4.79 Å². The molecule has 3 aromatic carbocycles. The molecule has 0 unspecified atom stereocenters. The SMILES string of the molecule is CCOc1ccc(C(=O)Oc2ccc(/C=N/NC(=O)CNC(=O)c3ccc(C)cc3)cc2OCC)cc1. The van der Waals surface area contributed by atoms with Crippen LogP contribution in [0.1, 0.15) is 45.7 Å². The van der Waals surface area contributed by atoms with Gasteiger partial charge in [0.05, 0.1) is 31.5 Å². The van der Waals surface area contributed by atoms with Crippen LogP contribution in [0.4, 0.5) is 0 Å². The largest absolute Gasteiger partial charge is 0.494 e. The van der Waals surface area contributed by atoms with Gasteiger partial charge in [-0.15, -0.1) is 0 Å². The number of benzene rings is 3. The molecule has 0 fully saturated rings. The molecule has 0 aliphatic heterocycles. The first-order valence-electron chi connectivity index (χ1n) is 11.8. The summed E-state index contributed by atoms with van der Waals surface area (Å²) in [5.74, 6) is -0.106. The summed E-state index contributed by atoms with van der Waals surface area (Å²) in [7, 11) is 0. The number of rotatable bonds is 11. The maximum atomic E-state index is 12.6. The predicted molar refractivity (Wildman–Crippen MR) is 139 cm³/mol. The monoisotopic (exact) mass is 503 g/mol. The summed E-state index contributed by atoms with van der Waals surface area (Å²) in [4.78, 5) is 36.7. The number of aryl methyl sites for hydroxylation is 1. The molecule has 0 heterocycles. The van der Waals surface area contributed by atoms with Crippen molar-refractivity contribution in [2.24, 2.45) is 5.10 Å². The zero-order valence-corrected chi connectivity index (χ0v) is 20.9. The number of nitrogens with zero attached hydrogens (tertiary/aromatic N) is 1. The third-order valence-electron chi connectivity index (χ3n) is 5.00. The fraction of sp³-hybridized carbons (Fsp3) is 0.214. The van der Waals surface area contributed by atoms with Crippen molar-refractivity contribution in [3.05, 3.63) is 89.0 Å². The first-order chi connectivity index (χ1) is 17.9. The minimum atomic E-state index is -0.537. The Morgan fingerprint density at radius 1 is 0.838 bits per heavy atom. The van der Waals surface area contributed by atoms with Gasteiger partial charge in [0.2, 0.25) is 0 Å². The highest BCUT2D eigenvalue weighted by Gasteiger charge is 2.14. The van der Waals surface area contributed by atoms with Crippen molar-refractivity contribution in [3.63, 3.8) is 0 Å². The van der Waals surface area contributed by atoms with Gasteiger partial charge in [-0.1, -0.05) is 17.7 Å². The number of nitrogens with one attached hydrogen (secondary N) is 2. The molecule has 3 rings (SSSR count). The number of amides is 2. The van der Waals surface area contributed by atoms with E-state index < -0.39 is 11.9 Å². The number of carbonyl (C=O) groups is 3. The molecule has 0 aromatic heterocycles. The van der Waals surface area contributed by atoms with Gasteiger partial charge in [-0.25, -0.2) is 10.2 Å². The molecule has 9 heteroatoms. The normalized spacial score (nSPS) is 10.6. The molecule has 0 saturated heterocycles. The maximum absolute atomic E-state index is 12.6. The second-order valence-electron chi connectivity index (χ2n) is 7.83. The van der Waals surface area contributed by atoms with Gasteiger partial charge in [-0.2, -0.15) is 5.10 Å². The Morgan fingerprint density at radius 3 is 2.19 bits per heavy atom. The van der Waals surface area contributed by atoms with E-state index in [0.717, 1.165) is 5.56 Å². The molecule has 0 aliphatic carbocycles. The van der Waals surface area contributed by atoms with Crippen molar-refractivity contribution in [2.75, 3.05) is 19.8 Å². The van der Waals surface area contributed by atoms with Crippen molar-refractivity contribution in [1.82, 2.24) is 10.7 Å². The zero-order chi connectivity index (χ0) is 26.6. The lowest BCUT2D eigenvalue weighted by Crippen LogP contribution is -2.34. The Balaban J connectivity index is 1.56. The third-order valence-corrected chi connectivity index (χ3v) is 5.00. The molecule has 0 radical (unpaired) electrons. The second kappa shape index (κ2) is 13.4. The van der Waals surface area contributed by atoms with E-state index in [4.69, 9.17) is 14.2 Å². The molecule has 0 spiro atoms. The summed E-state index contributed by atoms with van der Waals surface area (Å²) in [5, 5.41) is 6.46. The maximum Gasteiger partial charge on any atom is 0.343 e. The molecule has 0 saturated carbocycles. The van der Waals surface area contributed by atoms with Crippen LogP contribution < -0.4 is 25.0 Å². The van der Waals surface area contributed by atoms with Crippen LogP contribution in [0.25, 0.3) is 0 Å². The lowest BCUT2D eigenvalue weighted by atomic mass is 10.1. The van der Waals surface area contributed by atoms with Gasteiger partial charge in [-0.05, 0) is 80.9 Å². The van der Waals surface area contributed by atoms with Gasteiger partial charge in [0.1, 0.15) is 5.75 Å². The molecule has 0 aliphatic rings. The van der Waals surface area contributed by atoms with E-state index in [1.165, 1.54) is 6.21 Å². The fourth-order valence-electron chi connectivity index (χ4n) is 3.16. The quantitative estimate of drug-likeness (QED) is 0.178. The van der Waals surface area contributed by atoms with Gasteiger partial charge in [0.15, 0.2) is 11.5 Å². The van der Waals surface area contributed by atoms with Crippen molar-refractivity contribution < 1.29 is 28.6 Å². The highest BCUT2D eigenvalue weighted by atomic mass is 16.6. The lowest BCUT2D eigenvalue weighted by Gasteiger charge is -2.11. The van der Waals surface area contributed by atoms with E-state index in [0.29, 0.717) is 41.4 Å². The molecule has 0 bridgehead atoms. The summed E-state index contributed by atoms with van der Waals surface area (Å²) in [6.07, 6.45) is 1.42. The standard InChI is InChI=1S/C28H29N3O6/c1-4-35-23-13-11-22(12-14-23)28(34)37-24-15-8-20(16-25(24)36-5-2)17-30-31-26(32)18-29-27(33)21-9-6-19(3)7-10-21/h6-17H,4-5,18H2,1-3H3,(H,29,33)(H,31,32)/b30-17+. The summed E-state index contributed by atoms with van der Waals surface area (Å²) in [6.45, 7) is 6.27. The molecule has 9 nitrogen and oxygen atoms in total. The molecule has 37 heavy (non-hydrogen) atoms. The highest BCUT2D eigenvalue weighted by molar-refractivity contribution is 5.96. The average Bonchev–Trinajstić information content (AvgIpc) is 2.90. The Kier molecular flexibility index (Phi) is 9.78. The Labute approximate surface area is 215 Å². The van der Waals surface area contributed by atoms with E-state index in [-0.39, 0.29) is 18.2 Å². The number of esters is 1. The Morgan fingerprint density at radius 2 is 1.51 bits per heavy atom. The molecular formula is C28H29N3O6. The van der Waals surface area contributed by atoms with E-state index >= 15 is 0 Å². The van der Waals surface area contributed by atoms with Crippen molar-refractivity contribution in [1.29, 1.82) is 0 Å². The summed E-state index contributed by atoms with van der Waals surface area (Å²) >= 11 is 0. The topological polar surface area (TPSA) is 115 Å². The van der Waals surface area contributed by atoms with Crippen LogP contribution in [0, 0.1) is 6.92 Å². The molecule has 192 valence electrons. The van der Waals surface area contributed by atoms with Crippen LogP contribution in [0.3, 0.4) is 0 Å². The van der Waals surface area contributed by atoms with Gasteiger partial charge >= 0.3 is 5.97 Å². The second-order valence-corrected chi connectivity index (χ2v) is 7.83. The third kappa shape index (κ3) is 8.21. The van der Waals surface area contributed by atoms with Crippen LogP contribution >= 0.6 is 0 Å². The van der Waals surface area contributed by atoms with Crippen LogP contribution in [0.5, 0.6) is 17.2 Å². The van der Waals surface area contributed by atoms with Crippen LogP contribution in [0.15, 0.2) is 71.8 Å². The van der Waals surface area contributed by atoms with E-state index in [2.05, 4.69) is 15.8 Å². The van der Waals surface area contributed by atoms with Crippen LogP contribution in [0.2, 0.25) is 0 Å². The Hall–Kier alpha value is -4.66. The minimum absolute atomic E-state index is 0.227. The van der Waals surface area contributed by atoms with E-state index in [1.807, 2.05) is 32.9 Å². The molecule has 2 N–H and O–H groups in total. The number of carbonyl (C=O) groups excluding carboxylic acids is 3. The molecule has 2 amide bonds. The first kappa shape index (κ1) is 26.9. The molecular weight excluding hydrogens is 474 g/mol. The average molecular weight is 504 g/mol. The number of hydrazone groups is 1. The highest BCUT2D eigenvalue weighted by Crippen LogP contribution is 2.29. The number of hydrogen-bond acceptors (Lipinski definition) is 7. The smallest absolute Gasteiger partial charge is 0.343 e. The number of ether oxygens (including phenoxy) is 3. The fourth-order valence-corrected chi connectivity index (χ4v) is 3.16. The predicted octanol–water partition coefficient (Wildman–Crippen LogP) is 3.89. The first-order valence-corrected chi connectivity index (χ1v) is 11.8. The van der Waals surface area contributed by atoms with E-state index in [1.54, 1.807) is 54.6 Å². The van der Waals surface area contributed by atoms with Gasteiger partial charge in [0, 0.05) is 5.56 Å². The van der Waals surface area contributed by atoms with Crippen molar-refractivity contribution in [2.45, 2.75) is 20.8 Å². The summed E-state index contributed by atoms with van der Waals surface area (Å²) < 4.78 is 16.5. The van der Waals surface area contributed by atoms with Crippen molar-refractivity contribution >= 4 is 24.0 Å². The van der Waals surface area contributed by atoms with Gasteiger partial charge in [-0.3, -0.25) is 9.59 Å². The lowest BCUT2D eigenvalue weighted by molar-refractivity contribution is -0.120. The number of hydrogen-bond donors (Lipinski definition) is 2. The van der Waals surface area contributed by atoms with Gasteiger partial charge in [0.25, 0.3) is 11.8 Å². The molecule has 0 atom stereocenters. The van der Waals surface area contributed by atoms with Gasteiger partial charge < -0.3 is 19.5 Å². The Bertz CT molecular complexity index is 1250. The summed E-state index contributed by atoms with van der Waals surface area (Å²) in [6, 6.07) is 18.6. The van der Waals surface area contributed by atoms with Crippen molar-refractivity contribution in [3.8, 4) is 17.2 Å².